The Morgan fingerprint density at radius 1 is 1.00 bits per heavy atom. The number of benzene rings is 3. The number of rotatable bonds is 7. The van der Waals surface area contributed by atoms with E-state index in [0.29, 0.717) is 16.5 Å². The molecule has 4 aromatic rings. The minimum atomic E-state index is -4.05. The molecule has 4 rings (SSSR count). The topological polar surface area (TPSA) is 123 Å². The van der Waals surface area contributed by atoms with E-state index < -0.39 is 21.2 Å². The van der Waals surface area contributed by atoms with E-state index in [1.807, 2.05) is 0 Å². The second kappa shape index (κ2) is 8.42. The van der Waals surface area contributed by atoms with Gasteiger partial charge < -0.3 is 8.97 Å². The van der Waals surface area contributed by atoms with Crippen LogP contribution in [0.15, 0.2) is 93.3 Å². The average Bonchev–Trinajstić information content (AvgIpc) is 3.19. The summed E-state index contributed by atoms with van der Waals surface area (Å²) in [5.74, 6) is 0.0189. The van der Waals surface area contributed by atoms with Gasteiger partial charge >= 0.3 is 5.69 Å². The molecule has 0 bridgehead atoms. The molecule has 0 saturated carbocycles. The van der Waals surface area contributed by atoms with Crippen molar-refractivity contribution in [3.05, 3.63) is 89.3 Å². The summed E-state index contributed by atoms with van der Waals surface area (Å²) in [7, 11) is -4.05. The maximum atomic E-state index is 13.0. The number of hydrogen-bond acceptors (Lipinski definition) is 5. The Morgan fingerprint density at radius 3 is 2.52 bits per heavy atom. The van der Waals surface area contributed by atoms with Gasteiger partial charge in [-0.3, -0.25) is 4.72 Å². The van der Waals surface area contributed by atoms with E-state index in [0.717, 1.165) is 0 Å². The van der Waals surface area contributed by atoms with Gasteiger partial charge in [-0.05, 0) is 29.4 Å². The minimum absolute atomic E-state index is 0.00775. The molecule has 1 atom stereocenters. The van der Waals surface area contributed by atoms with Crippen LogP contribution in [-0.4, -0.2) is 23.1 Å². The highest BCUT2D eigenvalue weighted by Gasteiger charge is 2.25. The smallest absolute Gasteiger partial charge is 0.317 e. The zero-order chi connectivity index (χ0) is 22.0. The molecule has 0 radical (unpaired) electrons. The maximum absolute atomic E-state index is 13.0. The van der Waals surface area contributed by atoms with Gasteiger partial charge in [0.1, 0.15) is 17.0 Å². The van der Waals surface area contributed by atoms with E-state index in [-0.39, 0.29) is 32.0 Å². The van der Waals surface area contributed by atoms with Crippen molar-refractivity contribution in [2.45, 2.75) is 15.7 Å². The molecule has 0 spiro atoms. The van der Waals surface area contributed by atoms with Gasteiger partial charge in [0, 0.05) is 29.1 Å². The summed E-state index contributed by atoms with van der Waals surface area (Å²) < 4.78 is 46.6. The molecular weight excluding hydrogens is 440 g/mol. The van der Waals surface area contributed by atoms with Crippen LogP contribution in [0.3, 0.4) is 0 Å². The minimum Gasteiger partial charge on any atom is -0.611 e. The summed E-state index contributed by atoms with van der Waals surface area (Å²) in [6, 6.07) is 20.7. The molecule has 0 amide bonds. The first-order chi connectivity index (χ1) is 14.8. The van der Waals surface area contributed by atoms with E-state index in [4.69, 9.17) is 9.62 Å². The van der Waals surface area contributed by atoms with Crippen LogP contribution in [0.4, 0.5) is 11.4 Å². The monoisotopic (exact) mass is 457 g/mol. The fourth-order valence-corrected chi connectivity index (χ4v) is 5.38. The fourth-order valence-electron chi connectivity index (χ4n) is 3.03. The second-order valence-electron chi connectivity index (χ2n) is 6.64. The lowest BCUT2D eigenvalue weighted by Gasteiger charge is -2.15. The molecule has 1 heterocycles. The zero-order valence-corrected chi connectivity index (χ0v) is 17.6. The van der Waals surface area contributed by atoms with Crippen molar-refractivity contribution in [2.24, 2.45) is 0 Å². The van der Waals surface area contributed by atoms with E-state index in [1.54, 1.807) is 54.6 Å². The standard InChI is InChI=1S/C21H17N2O6S2/c24-23(25)17-8-5-6-15(12-17)14-30(26)20-11-4-2-9-18(20)22-31(27,28)21-13-16-7-1-3-10-19(16)29-21/h1-13,22H,14H2,(H,24,25)/q+1. The Balaban J connectivity index is 1.60. The number of anilines is 1. The number of hydrogen-bond donors (Lipinski definition) is 2. The van der Waals surface area contributed by atoms with Gasteiger partial charge in [-0.2, -0.15) is 8.42 Å². The maximum Gasteiger partial charge on any atom is 0.317 e. The van der Waals surface area contributed by atoms with E-state index in [1.165, 1.54) is 24.3 Å². The van der Waals surface area contributed by atoms with Crippen LogP contribution in [-0.2, 0) is 27.0 Å². The van der Waals surface area contributed by atoms with E-state index >= 15 is 0 Å². The van der Waals surface area contributed by atoms with Crippen LogP contribution in [0.2, 0.25) is 0 Å². The number of furan rings is 1. The van der Waals surface area contributed by atoms with Crippen molar-refractivity contribution in [3.63, 3.8) is 0 Å². The van der Waals surface area contributed by atoms with Gasteiger partial charge in [-0.1, -0.05) is 42.5 Å². The third-order valence-electron chi connectivity index (χ3n) is 4.47. The molecule has 1 aromatic heterocycles. The first-order valence-electron chi connectivity index (χ1n) is 9.07. The van der Waals surface area contributed by atoms with E-state index in [9.17, 15) is 17.9 Å². The van der Waals surface area contributed by atoms with Crippen molar-refractivity contribution in [3.8, 4) is 0 Å². The highest BCUT2D eigenvalue weighted by molar-refractivity contribution is 7.93. The summed E-state index contributed by atoms with van der Waals surface area (Å²) in [5, 5.41) is 9.45. The quantitative estimate of drug-likeness (QED) is 0.314. The van der Waals surface area contributed by atoms with Crippen molar-refractivity contribution < 1.29 is 27.5 Å². The Morgan fingerprint density at radius 2 is 1.74 bits per heavy atom. The van der Waals surface area contributed by atoms with Crippen LogP contribution in [0.1, 0.15) is 5.56 Å². The normalized spacial score (nSPS) is 12.5. The fraction of sp³-hybridized carbons (Fsp3) is 0.0476. The molecule has 3 aromatic carbocycles. The SMILES string of the molecule is O=[N+](O)c1cccc(C[S+]([O-])c2ccccc2NS(=O)(=O)c2cc3ccccc3o2)c1. The first kappa shape index (κ1) is 20.9. The summed E-state index contributed by atoms with van der Waals surface area (Å²) in [4.78, 5) is 11.1. The summed E-state index contributed by atoms with van der Waals surface area (Å²) >= 11 is -1.63. The molecule has 10 heteroatoms. The van der Waals surface area contributed by atoms with Crippen LogP contribution in [0.25, 0.3) is 11.0 Å². The predicted molar refractivity (Wildman–Crippen MR) is 115 cm³/mol. The van der Waals surface area contributed by atoms with E-state index in [2.05, 4.69) is 4.72 Å². The molecule has 2 N–H and O–H groups in total. The van der Waals surface area contributed by atoms with Gasteiger partial charge in [0.2, 0.25) is 5.09 Å². The highest BCUT2D eigenvalue weighted by atomic mass is 32.2. The molecule has 0 fully saturated rings. The summed E-state index contributed by atoms with van der Waals surface area (Å²) in [5.41, 5.74) is 1.15. The number of para-hydroxylation sites is 2. The lowest BCUT2D eigenvalue weighted by Crippen LogP contribution is -2.15. The van der Waals surface area contributed by atoms with Gasteiger partial charge in [0.25, 0.3) is 14.9 Å². The number of sulfonamides is 1. The Kier molecular flexibility index (Phi) is 5.68. The lowest BCUT2D eigenvalue weighted by atomic mass is 10.2. The number of nitrogens with zero attached hydrogens (tertiary/aromatic N) is 1. The Hall–Kier alpha value is -3.34. The molecule has 0 aliphatic heterocycles. The summed E-state index contributed by atoms with van der Waals surface area (Å²) in [6.07, 6.45) is 0. The highest BCUT2D eigenvalue weighted by Crippen LogP contribution is 2.29. The molecule has 0 saturated heterocycles. The van der Waals surface area contributed by atoms with Crippen LogP contribution < -0.4 is 4.72 Å². The number of fused-ring (bicyclic) bond motifs is 1. The van der Waals surface area contributed by atoms with Gasteiger partial charge in [0.15, 0.2) is 4.90 Å². The van der Waals surface area contributed by atoms with Crippen molar-refractivity contribution >= 4 is 43.5 Å². The van der Waals surface area contributed by atoms with Crippen molar-refractivity contribution in [2.75, 3.05) is 4.72 Å². The zero-order valence-electron chi connectivity index (χ0n) is 16.0. The van der Waals surface area contributed by atoms with Gasteiger partial charge in [-0.25, -0.2) is 5.21 Å². The molecule has 31 heavy (non-hydrogen) atoms. The molecule has 8 nitrogen and oxygen atoms in total. The van der Waals surface area contributed by atoms with Crippen molar-refractivity contribution in [1.82, 2.24) is 0 Å². The Labute approximate surface area is 180 Å². The van der Waals surface area contributed by atoms with Gasteiger partial charge in [-0.15, -0.1) is 0 Å². The second-order valence-corrected chi connectivity index (χ2v) is 9.67. The average molecular weight is 458 g/mol. The molecule has 0 aliphatic carbocycles. The molecule has 158 valence electrons. The Bertz CT molecular complexity index is 1330. The largest absolute Gasteiger partial charge is 0.611 e. The molecular formula is C21H17N2O6S2+. The van der Waals surface area contributed by atoms with Crippen molar-refractivity contribution in [1.29, 1.82) is 0 Å². The van der Waals surface area contributed by atoms with Gasteiger partial charge in [0.05, 0.1) is 4.91 Å². The van der Waals surface area contributed by atoms with Crippen LogP contribution in [0.5, 0.6) is 0 Å². The van der Waals surface area contributed by atoms with Crippen LogP contribution >= 0.6 is 0 Å². The summed E-state index contributed by atoms with van der Waals surface area (Å²) in [6.45, 7) is 0. The van der Waals surface area contributed by atoms with Crippen LogP contribution in [0, 0.1) is 4.91 Å². The third-order valence-corrected chi connectivity index (χ3v) is 7.14. The predicted octanol–water partition coefficient (Wildman–Crippen LogP) is 4.34. The third kappa shape index (κ3) is 4.55. The first-order valence-corrected chi connectivity index (χ1v) is 11.9. The lowest BCUT2D eigenvalue weighted by molar-refractivity contribution is -0.729. The molecule has 1 unspecified atom stereocenters. The molecule has 0 aliphatic rings. The number of nitrogens with one attached hydrogen (secondary N) is 1.